The van der Waals surface area contributed by atoms with Crippen LogP contribution in [-0.2, 0) is 11.2 Å². The molecule has 2 heterocycles. The van der Waals surface area contributed by atoms with Gasteiger partial charge < -0.3 is 19.6 Å². The Balaban J connectivity index is 2.04. The Kier molecular flexibility index (Phi) is 5.30. The van der Waals surface area contributed by atoms with Crippen LogP contribution in [0, 0.1) is 6.92 Å². The zero-order chi connectivity index (χ0) is 15.2. The van der Waals surface area contributed by atoms with Crippen LogP contribution in [0.1, 0.15) is 28.7 Å². The maximum Gasteiger partial charge on any atom is 0.252 e. The molecule has 0 aliphatic heterocycles. The van der Waals surface area contributed by atoms with Crippen LogP contribution in [0.4, 0.5) is 0 Å². The second-order valence-electron chi connectivity index (χ2n) is 4.74. The van der Waals surface area contributed by atoms with E-state index in [2.05, 4.69) is 17.2 Å². The number of ether oxygens (including phenoxy) is 1. The summed E-state index contributed by atoms with van der Waals surface area (Å²) >= 11 is 0. The predicted octanol–water partition coefficient (Wildman–Crippen LogP) is 0.944. The molecular formula is C15H21N3O3. The number of hydrogen-bond donors (Lipinski definition) is 2. The van der Waals surface area contributed by atoms with E-state index in [1.807, 2.05) is 17.4 Å². The Bertz CT molecular complexity index is 622. The molecule has 0 bridgehead atoms. The summed E-state index contributed by atoms with van der Waals surface area (Å²) in [6, 6.07) is 3.62. The van der Waals surface area contributed by atoms with Crippen molar-refractivity contribution in [3.8, 4) is 0 Å². The third-order valence-corrected chi connectivity index (χ3v) is 3.32. The van der Waals surface area contributed by atoms with E-state index < -0.39 is 0 Å². The third-order valence-electron chi connectivity index (χ3n) is 3.32. The van der Waals surface area contributed by atoms with E-state index in [-0.39, 0.29) is 19.1 Å². The molecule has 6 heteroatoms. The zero-order valence-corrected chi connectivity index (χ0v) is 12.4. The number of nitrogens with zero attached hydrogens (tertiary/aromatic N) is 2. The number of pyridine rings is 1. The van der Waals surface area contributed by atoms with Gasteiger partial charge in [0.1, 0.15) is 5.65 Å². The summed E-state index contributed by atoms with van der Waals surface area (Å²) in [5, 5.41) is 11.4. The number of hydrogen-bond acceptors (Lipinski definition) is 4. The van der Waals surface area contributed by atoms with Crippen molar-refractivity contribution in [2.24, 2.45) is 0 Å². The van der Waals surface area contributed by atoms with Crippen LogP contribution in [0.15, 0.2) is 18.3 Å². The molecule has 2 aromatic heterocycles. The second kappa shape index (κ2) is 7.19. The summed E-state index contributed by atoms with van der Waals surface area (Å²) in [6.45, 7) is 5.15. The Morgan fingerprint density at radius 1 is 1.43 bits per heavy atom. The van der Waals surface area contributed by atoms with Gasteiger partial charge >= 0.3 is 0 Å². The number of rotatable bonds is 7. The minimum absolute atomic E-state index is 0.00964. The number of carbonyl (C=O) groups excluding carboxylic acids is 1. The molecule has 0 aliphatic carbocycles. The van der Waals surface area contributed by atoms with E-state index in [1.165, 1.54) is 0 Å². The lowest BCUT2D eigenvalue weighted by Gasteiger charge is -2.06. The molecule has 0 unspecified atom stereocenters. The fourth-order valence-electron chi connectivity index (χ4n) is 2.19. The number of aliphatic hydroxyl groups is 1. The molecule has 2 N–H and O–H groups in total. The van der Waals surface area contributed by atoms with Crippen molar-refractivity contribution in [2.45, 2.75) is 20.3 Å². The number of fused-ring (bicyclic) bond motifs is 1. The molecule has 114 valence electrons. The molecule has 0 aromatic carbocycles. The van der Waals surface area contributed by atoms with Gasteiger partial charge in [0, 0.05) is 18.4 Å². The van der Waals surface area contributed by atoms with Gasteiger partial charge in [0.05, 0.1) is 31.1 Å². The first-order chi connectivity index (χ1) is 10.2. The largest absolute Gasteiger partial charge is 0.394 e. The summed E-state index contributed by atoms with van der Waals surface area (Å²) in [6.07, 6.45) is 2.68. The molecule has 6 nitrogen and oxygen atoms in total. The molecule has 0 saturated heterocycles. The van der Waals surface area contributed by atoms with Crippen LogP contribution >= 0.6 is 0 Å². The maximum absolute atomic E-state index is 12.1. The Morgan fingerprint density at radius 3 is 2.95 bits per heavy atom. The number of aliphatic hydroxyl groups excluding tert-OH is 1. The molecule has 2 aromatic rings. The highest BCUT2D eigenvalue weighted by Gasteiger charge is 2.10. The summed E-state index contributed by atoms with van der Waals surface area (Å²) in [5.41, 5.74) is 3.55. The first-order valence-corrected chi connectivity index (χ1v) is 7.11. The molecule has 1 amide bonds. The van der Waals surface area contributed by atoms with E-state index >= 15 is 0 Å². The Morgan fingerprint density at radius 2 is 2.24 bits per heavy atom. The fraction of sp³-hybridized carbons (Fsp3) is 0.467. The van der Waals surface area contributed by atoms with Crippen LogP contribution in [-0.4, -0.2) is 46.8 Å². The molecule has 0 fully saturated rings. The molecule has 0 aliphatic rings. The van der Waals surface area contributed by atoms with Crippen LogP contribution in [0.5, 0.6) is 0 Å². The first kappa shape index (κ1) is 15.5. The van der Waals surface area contributed by atoms with Crippen molar-refractivity contribution >= 4 is 11.6 Å². The van der Waals surface area contributed by atoms with E-state index in [4.69, 9.17) is 9.84 Å². The predicted molar refractivity (Wildman–Crippen MR) is 79.5 cm³/mol. The maximum atomic E-state index is 12.1. The van der Waals surface area contributed by atoms with Crippen molar-refractivity contribution < 1.29 is 14.6 Å². The van der Waals surface area contributed by atoms with Gasteiger partial charge in [-0.2, -0.15) is 0 Å². The van der Waals surface area contributed by atoms with Gasteiger partial charge in [-0.25, -0.2) is 4.98 Å². The SMILES string of the molecule is CCc1nc2ccc(C(=O)NCCOCCO)cn2c1C. The molecular weight excluding hydrogens is 270 g/mol. The molecule has 0 radical (unpaired) electrons. The minimum Gasteiger partial charge on any atom is -0.394 e. The van der Waals surface area contributed by atoms with Crippen molar-refractivity contribution in [3.05, 3.63) is 35.3 Å². The van der Waals surface area contributed by atoms with Crippen molar-refractivity contribution in [1.82, 2.24) is 14.7 Å². The highest BCUT2D eigenvalue weighted by Crippen LogP contribution is 2.13. The molecule has 0 spiro atoms. The fourth-order valence-corrected chi connectivity index (χ4v) is 2.19. The number of aromatic nitrogens is 2. The van der Waals surface area contributed by atoms with Gasteiger partial charge in [0.15, 0.2) is 0 Å². The molecule has 0 atom stereocenters. The van der Waals surface area contributed by atoms with E-state index in [1.54, 1.807) is 12.3 Å². The average molecular weight is 291 g/mol. The highest BCUT2D eigenvalue weighted by molar-refractivity contribution is 5.94. The summed E-state index contributed by atoms with van der Waals surface area (Å²) in [5.74, 6) is -0.143. The Labute approximate surface area is 123 Å². The van der Waals surface area contributed by atoms with Crippen LogP contribution in [0.3, 0.4) is 0 Å². The monoisotopic (exact) mass is 291 g/mol. The summed E-state index contributed by atoms with van der Waals surface area (Å²) in [7, 11) is 0. The van der Waals surface area contributed by atoms with E-state index in [9.17, 15) is 4.79 Å². The standard InChI is InChI=1S/C15H21N3O3/c1-3-13-11(2)18-10-12(4-5-14(18)17-13)15(20)16-6-8-21-9-7-19/h4-5,10,19H,3,6-9H2,1-2H3,(H,16,20). The van der Waals surface area contributed by atoms with Gasteiger partial charge in [-0.05, 0) is 25.5 Å². The number of aryl methyl sites for hydroxylation is 2. The van der Waals surface area contributed by atoms with Gasteiger partial charge in [-0.3, -0.25) is 4.79 Å². The van der Waals surface area contributed by atoms with Gasteiger partial charge in [-0.15, -0.1) is 0 Å². The van der Waals surface area contributed by atoms with Crippen molar-refractivity contribution in [2.75, 3.05) is 26.4 Å². The average Bonchev–Trinajstić information content (AvgIpc) is 2.82. The Hall–Kier alpha value is -1.92. The summed E-state index contributed by atoms with van der Waals surface area (Å²) in [4.78, 5) is 16.6. The van der Waals surface area contributed by atoms with Crippen LogP contribution in [0.2, 0.25) is 0 Å². The smallest absolute Gasteiger partial charge is 0.252 e. The number of nitrogens with one attached hydrogen (secondary N) is 1. The topological polar surface area (TPSA) is 75.9 Å². The lowest BCUT2D eigenvalue weighted by Crippen LogP contribution is -2.27. The minimum atomic E-state index is -0.143. The molecule has 21 heavy (non-hydrogen) atoms. The number of amides is 1. The van der Waals surface area contributed by atoms with Crippen molar-refractivity contribution in [1.29, 1.82) is 0 Å². The van der Waals surface area contributed by atoms with Gasteiger partial charge in [0.2, 0.25) is 0 Å². The second-order valence-corrected chi connectivity index (χ2v) is 4.74. The van der Waals surface area contributed by atoms with E-state index in [0.717, 1.165) is 23.5 Å². The van der Waals surface area contributed by atoms with Gasteiger partial charge in [0.25, 0.3) is 5.91 Å². The number of imidazole rings is 1. The lowest BCUT2D eigenvalue weighted by atomic mass is 10.2. The van der Waals surface area contributed by atoms with Crippen LogP contribution < -0.4 is 5.32 Å². The lowest BCUT2D eigenvalue weighted by molar-refractivity contribution is 0.0838. The highest BCUT2D eigenvalue weighted by atomic mass is 16.5. The van der Waals surface area contributed by atoms with Gasteiger partial charge in [-0.1, -0.05) is 6.92 Å². The quantitative estimate of drug-likeness (QED) is 0.745. The normalized spacial score (nSPS) is 11.0. The number of carbonyl (C=O) groups is 1. The molecule has 2 rings (SSSR count). The van der Waals surface area contributed by atoms with E-state index in [0.29, 0.717) is 18.7 Å². The van der Waals surface area contributed by atoms with Crippen molar-refractivity contribution in [3.63, 3.8) is 0 Å². The first-order valence-electron chi connectivity index (χ1n) is 7.11. The zero-order valence-electron chi connectivity index (χ0n) is 12.4. The molecule has 0 saturated carbocycles. The van der Waals surface area contributed by atoms with Crippen LogP contribution in [0.25, 0.3) is 5.65 Å². The third kappa shape index (κ3) is 3.59. The summed E-state index contributed by atoms with van der Waals surface area (Å²) < 4.78 is 7.04.